The summed E-state index contributed by atoms with van der Waals surface area (Å²) >= 11 is 0. The van der Waals surface area contributed by atoms with E-state index in [0.29, 0.717) is 0 Å². The van der Waals surface area contributed by atoms with Gasteiger partial charge in [-0.25, -0.2) is 0 Å². The van der Waals surface area contributed by atoms with Crippen molar-refractivity contribution in [2.75, 3.05) is 0 Å². The number of unbranched alkanes of at least 4 members (excludes halogenated alkanes) is 1. The second-order valence-electron chi connectivity index (χ2n) is 23.9. The molecular weight excluding hydrogens is 757 g/mol. The summed E-state index contributed by atoms with van der Waals surface area (Å²) in [6.45, 7) is 13.9. The zero-order valence-electron chi connectivity index (χ0n) is 43.6. The van der Waals surface area contributed by atoms with Gasteiger partial charge in [-0.3, -0.25) is 0 Å². The molecule has 63 heavy (non-hydrogen) atoms. The van der Waals surface area contributed by atoms with Crippen LogP contribution in [0.15, 0.2) is 36.4 Å². The molecule has 0 aliphatic heterocycles. The number of aryl methyl sites for hydroxylation is 1. The number of hydrogen-bond donors (Lipinski definition) is 0. The Hall–Kier alpha value is -1.04. The number of rotatable bonds is 18. The maximum Gasteiger partial charge on any atom is -0.0162 e. The van der Waals surface area contributed by atoms with Gasteiger partial charge in [-0.1, -0.05) is 224 Å². The minimum Gasteiger partial charge on any atom is -0.0851 e. The van der Waals surface area contributed by atoms with Crippen LogP contribution in [0.3, 0.4) is 0 Å². The van der Waals surface area contributed by atoms with Crippen molar-refractivity contribution in [3.05, 3.63) is 47.5 Å². The predicted molar refractivity (Wildman–Crippen MR) is 281 cm³/mol. The maximum atomic E-state index is 2.60. The summed E-state index contributed by atoms with van der Waals surface area (Å²) < 4.78 is 0. The second-order valence-corrected chi connectivity index (χ2v) is 23.9. The van der Waals surface area contributed by atoms with Gasteiger partial charge in [0, 0.05) is 0 Å². The van der Waals surface area contributed by atoms with E-state index < -0.39 is 0 Å². The zero-order chi connectivity index (χ0) is 44.5. The third kappa shape index (κ3) is 20.0. The van der Waals surface area contributed by atoms with Crippen LogP contribution in [-0.2, 0) is 0 Å². The number of benzene rings is 1. The minimum atomic E-state index is 0.841. The first kappa shape index (κ1) is 52.9. The first-order valence-electron chi connectivity index (χ1n) is 29.6. The molecule has 1 aromatic carbocycles. The van der Waals surface area contributed by atoms with Crippen LogP contribution in [0.2, 0.25) is 0 Å². The maximum absolute atomic E-state index is 2.60. The van der Waals surface area contributed by atoms with Crippen LogP contribution in [-0.4, -0.2) is 0 Å². The highest BCUT2D eigenvalue weighted by Crippen LogP contribution is 2.45. The lowest BCUT2D eigenvalue weighted by Gasteiger charge is -2.38. The van der Waals surface area contributed by atoms with Crippen LogP contribution in [0.25, 0.3) is 0 Å². The molecule has 6 saturated carbocycles. The van der Waals surface area contributed by atoms with Crippen LogP contribution < -0.4 is 0 Å². The summed E-state index contributed by atoms with van der Waals surface area (Å²) in [7, 11) is 0. The van der Waals surface area contributed by atoms with Gasteiger partial charge in [0.1, 0.15) is 0 Å². The van der Waals surface area contributed by atoms with Crippen LogP contribution in [0, 0.1) is 72.0 Å². The summed E-state index contributed by atoms with van der Waals surface area (Å²) in [4.78, 5) is 0. The van der Waals surface area contributed by atoms with E-state index in [-0.39, 0.29) is 0 Å². The summed E-state index contributed by atoms with van der Waals surface area (Å²) in [5, 5.41) is 0. The van der Waals surface area contributed by atoms with E-state index in [2.05, 4.69) is 78.0 Å². The Morgan fingerprint density at radius 3 is 0.984 bits per heavy atom. The molecule has 7 rings (SSSR count). The highest BCUT2D eigenvalue weighted by Gasteiger charge is 2.31. The summed E-state index contributed by atoms with van der Waals surface area (Å²) in [6, 6.07) is 9.33. The topological polar surface area (TPSA) is 0 Å². The Morgan fingerprint density at radius 1 is 0.333 bits per heavy atom. The lowest BCUT2D eigenvalue weighted by molar-refractivity contribution is 0.156. The quantitative estimate of drug-likeness (QED) is 0.129. The highest BCUT2D eigenvalue weighted by molar-refractivity contribution is 5.25. The lowest BCUT2D eigenvalue weighted by Crippen LogP contribution is -2.25. The fourth-order valence-corrected chi connectivity index (χ4v) is 14.6. The molecule has 6 fully saturated rings. The number of allylic oxidation sites excluding steroid dienone is 2. The van der Waals surface area contributed by atoms with Crippen LogP contribution >= 0.6 is 0 Å². The van der Waals surface area contributed by atoms with Gasteiger partial charge in [0.05, 0.1) is 0 Å². The van der Waals surface area contributed by atoms with E-state index in [1.54, 1.807) is 69.8 Å². The van der Waals surface area contributed by atoms with E-state index in [0.717, 1.165) is 71.0 Å². The molecule has 0 nitrogen and oxygen atoms in total. The fourth-order valence-electron chi connectivity index (χ4n) is 14.6. The van der Waals surface area contributed by atoms with Gasteiger partial charge < -0.3 is 0 Å². The van der Waals surface area contributed by atoms with Crippen molar-refractivity contribution in [1.82, 2.24) is 0 Å². The SMILES string of the molecule is CCCC1CCC(/C=C/C2CCC(CCC)CC2)CC1.CCCC1CCC(CCC2CCC(CCC)CC2)CC1.CCCCC1CCC(C2CCC(c3ccc(C)cc3)CC2)CC1. The highest BCUT2D eigenvalue weighted by atomic mass is 14.4. The van der Waals surface area contributed by atoms with Crippen molar-refractivity contribution >= 4 is 0 Å². The molecule has 0 saturated heterocycles. The van der Waals surface area contributed by atoms with Crippen LogP contribution in [0.5, 0.6) is 0 Å². The fraction of sp³-hybridized carbons (Fsp3) is 0.873. The van der Waals surface area contributed by atoms with Crippen molar-refractivity contribution < 1.29 is 0 Å². The third-order valence-corrected chi connectivity index (χ3v) is 19.0. The molecule has 0 bridgehead atoms. The van der Waals surface area contributed by atoms with E-state index in [1.807, 2.05) is 0 Å². The lowest BCUT2D eigenvalue weighted by atomic mass is 9.68. The van der Waals surface area contributed by atoms with Crippen molar-refractivity contribution in [3.63, 3.8) is 0 Å². The molecule has 0 heteroatoms. The van der Waals surface area contributed by atoms with Gasteiger partial charge in [-0.2, -0.15) is 0 Å². The summed E-state index contributed by atoms with van der Waals surface area (Å²) in [5.41, 5.74) is 2.99. The van der Waals surface area contributed by atoms with E-state index in [4.69, 9.17) is 0 Å². The minimum absolute atomic E-state index is 0.841. The monoisotopic (exact) mass is 867 g/mol. The molecule has 6 aliphatic carbocycles. The average Bonchev–Trinajstić information content (AvgIpc) is 3.33. The first-order chi connectivity index (χ1) is 30.9. The molecule has 0 amide bonds. The van der Waals surface area contributed by atoms with Gasteiger partial charge in [0.25, 0.3) is 0 Å². The Labute approximate surface area is 396 Å². The van der Waals surface area contributed by atoms with Crippen LogP contribution in [0.1, 0.15) is 289 Å². The Morgan fingerprint density at radius 2 is 0.635 bits per heavy atom. The van der Waals surface area contributed by atoms with Crippen molar-refractivity contribution in [3.8, 4) is 0 Å². The van der Waals surface area contributed by atoms with Crippen LogP contribution in [0.4, 0.5) is 0 Å². The van der Waals surface area contributed by atoms with E-state index in [1.165, 1.54) is 179 Å². The first-order valence-corrected chi connectivity index (χ1v) is 29.6. The van der Waals surface area contributed by atoms with Gasteiger partial charge >= 0.3 is 0 Å². The molecule has 0 spiro atoms. The largest absolute Gasteiger partial charge is 0.0851 e. The standard InChI is InChI=1S/C23H36.C20H38.C20H36/c1-3-4-5-19-8-12-21(13-9-19)23-16-14-22(15-17-23)20-10-6-18(2)7-11-20;2*1-3-5-17-7-11-19(12-8-17)15-16-20-13-9-18(6-4-2)10-14-20/h6-7,10-11,19,21-23H,3-5,8-9,12-17H2,1-2H3;17-20H,3-16H2,1-2H3;15-20H,3-14H2,1-2H3/b;;16-15+. The summed E-state index contributed by atoms with van der Waals surface area (Å²) in [6.07, 6.45) is 60.3. The molecular formula is C63H110. The molecule has 0 N–H and O–H groups in total. The Balaban J connectivity index is 0.000000179. The average molecular weight is 868 g/mol. The molecule has 362 valence electrons. The molecule has 0 heterocycles. The van der Waals surface area contributed by atoms with Gasteiger partial charge in [-0.15, -0.1) is 0 Å². The number of hydrogen-bond acceptors (Lipinski definition) is 0. The van der Waals surface area contributed by atoms with Gasteiger partial charge in [-0.05, 0) is 173 Å². The molecule has 0 unspecified atom stereocenters. The molecule has 0 atom stereocenters. The normalized spacial score (nSPS) is 34.1. The van der Waals surface area contributed by atoms with E-state index in [9.17, 15) is 0 Å². The van der Waals surface area contributed by atoms with Crippen molar-refractivity contribution in [2.24, 2.45) is 65.1 Å². The second kappa shape index (κ2) is 31.1. The smallest absolute Gasteiger partial charge is 0.0162 e. The predicted octanol–water partition coefficient (Wildman–Crippen LogP) is 21.0. The Kier molecular flexibility index (Phi) is 26.1. The van der Waals surface area contributed by atoms with Gasteiger partial charge in [0.15, 0.2) is 0 Å². The van der Waals surface area contributed by atoms with Crippen molar-refractivity contribution in [1.29, 1.82) is 0 Å². The zero-order valence-corrected chi connectivity index (χ0v) is 43.6. The van der Waals surface area contributed by atoms with Gasteiger partial charge in [0.2, 0.25) is 0 Å². The molecule has 6 aliphatic rings. The molecule has 1 aromatic rings. The summed E-state index contributed by atoms with van der Waals surface area (Å²) in [5.74, 6) is 12.3. The van der Waals surface area contributed by atoms with Crippen molar-refractivity contribution in [2.45, 2.75) is 285 Å². The molecule has 0 radical (unpaired) electrons. The molecule has 0 aromatic heterocycles. The third-order valence-electron chi connectivity index (χ3n) is 19.0. The van der Waals surface area contributed by atoms with E-state index >= 15 is 0 Å². The Bertz CT molecular complexity index is 1190.